The topological polar surface area (TPSA) is 65.1 Å². The lowest BCUT2D eigenvalue weighted by Gasteiger charge is -2.37. The largest absolute Gasteiger partial charge is 0.486 e. The van der Waals surface area contributed by atoms with Gasteiger partial charge in [-0.15, -0.1) is 0 Å². The molecule has 4 aliphatic rings. The van der Waals surface area contributed by atoms with Crippen LogP contribution in [0, 0.1) is 0 Å². The number of imide groups is 1. The average molecular weight is 462 g/mol. The van der Waals surface area contributed by atoms with E-state index in [4.69, 9.17) is 14.5 Å². The predicted molar refractivity (Wildman–Crippen MR) is 109 cm³/mol. The van der Waals surface area contributed by atoms with Crippen molar-refractivity contribution in [3.05, 3.63) is 33.8 Å². The summed E-state index contributed by atoms with van der Waals surface area (Å²) < 4.78 is 7.16. The Morgan fingerprint density at radius 1 is 1.03 bits per heavy atom. The molecule has 5 rings (SSSR count). The van der Waals surface area contributed by atoms with Gasteiger partial charge in [0, 0.05) is 17.2 Å². The molecule has 2 fully saturated rings. The number of amides is 2. The van der Waals surface area contributed by atoms with Crippen molar-refractivity contribution >= 4 is 33.4 Å². The first-order valence-electron chi connectivity index (χ1n) is 10.5. The van der Waals surface area contributed by atoms with Gasteiger partial charge >= 0.3 is 0 Å². The van der Waals surface area contributed by atoms with Crippen molar-refractivity contribution in [1.29, 1.82) is 0 Å². The Kier molecular flexibility index (Phi) is 5.00. The standard InChI is InChI=1S/C22H24BrNO5/c23-17-9-8-14(24-20(25)15-5-1-2-6-16(15)21(24)26)13-18(17)28-19-7-3-10-22(19)11-4-12-27-29-22/h8-9,13,19H,1-7,10-12H2. The minimum absolute atomic E-state index is 0.120. The highest BCUT2D eigenvalue weighted by molar-refractivity contribution is 9.10. The maximum Gasteiger partial charge on any atom is 0.261 e. The molecule has 0 bridgehead atoms. The maximum absolute atomic E-state index is 12.9. The van der Waals surface area contributed by atoms with Gasteiger partial charge in [0.15, 0.2) is 0 Å². The van der Waals surface area contributed by atoms with Gasteiger partial charge < -0.3 is 4.74 Å². The molecule has 1 saturated carbocycles. The molecule has 1 aromatic carbocycles. The summed E-state index contributed by atoms with van der Waals surface area (Å²) >= 11 is 3.55. The number of carbonyl (C=O) groups is 2. The fourth-order valence-electron chi connectivity index (χ4n) is 5.04. The van der Waals surface area contributed by atoms with E-state index < -0.39 is 5.60 Å². The van der Waals surface area contributed by atoms with Crippen LogP contribution < -0.4 is 9.64 Å². The molecule has 2 atom stereocenters. The van der Waals surface area contributed by atoms with Crippen molar-refractivity contribution in [3.63, 3.8) is 0 Å². The predicted octanol–water partition coefficient (Wildman–Crippen LogP) is 4.61. The Hall–Kier alpha value is -1.70. The summed E-state index contributed by atoms with van der Waals surface area (Å²) in [6.45, 7) is 0.616. The summed E-state index contributed by atoms with van der Waals surface area (Å²) in [5.41, 5.74) is 1.52. The van der Waals surface area contributed by atoms with Crippen LogP contribution >= 0.6 is 15.9 Å². The van der Waals surface area contributed by atoms with Gasteiger partial charge in [0.2, 0.25) is 0 Å². The van der Waals surface area contributed by atoms with Gasteiger partial charge in [0.05, 0.1) is 16.8 Å². The lowest BCUT2D eigenvalue weighted by Crippen LogP contribution is -2.46. The molecule has 0 radical (unpaired) electrons. The summed E-state index contributed by atoms with van der Waals surface area (Å²) in [5.74, 6) is 0.257. The van der Waals surface area contributed by atoms with Gasteiger partial charge in [-0.3, -0.25) is 9.59 Å². The van der Waals surface area contributed by atoms with Crippen molar-refractivity contribution in [1.82, 2.24) is 0 Å². The summed E-state index contributed by atoms with van der Waals surface area (Å²) in [5, 5.41) is 0. The first-order chi connectivity index (χ1) is 14.1. The molecular formula is C22H24BrNO5. The van der Waals surface area contributed by atoms with E-state index in [-0.39, 0.29) is 17.9 Å². The first kappa shape index (κ1) is 19.3. The number of hydrogen-bond donors (Lipinski definition) is 0. The highest BCUT2D eigenvalue weighted by Crippen LogP contribution is 2.44. The Bertz CT molecular complexity index is 861. The second-order valence-corrected chi connectivity index (χ2v) is 9.15. The zero-order valence-corrected chi connectivity index (χ0v) is 17.8. The van der Waals surface area contributed by atoms with Crippen molar-refractivity contribution < 1.29 is 24.1 Å². The average Bonchev–Trinajstić information content (AvgIpc) is 3.23. The second kappa shape index (κ2) is 7.52. The summed E-state index contributed by atoms with van der Waals surface area (Å²) in [4.78, 5) is 38.1. The maximum atomic E-state index is 12.9. The third-order valence-corrected chi connectivity index (χ3v) is 7.19. The van der Waals surface area contributed by atoms with E-state index in [1.165, 1.54) is 4.90 Å². The molecule has 2 heterocycles. The van der Waals surface area contributed by atoms with Gasteiger partial charge in [-0.25, -0.2) is 14.7 Å². The Morgan fingerprint density at radius 2 is 1.76 bits per heavy atom. The van der Waals surface area contributed by atoms with Gasteiger partial charge in [0.25, 0.3) is 11.8 Å². The van der Waals surface area contributed by atoms with Crippen LogP contribution in [0.4, 0.5) is 5.69 Å². The van der Waals surface area contributed by atoms with E-state index in [0.29, 0.717) is 42.0 Å². The molecule has 1 spiro atoms. The Labute approximate surface area is 178 Å². The summed E-state index contributed by atoms with van der Waals surface area (Å²) in [6, 6.07) is 5.41. The zero-order chi connectivity index (χ0) is 20.0. The minimum atomic E-state index is -0.409. The van der Waals surface area contributed by atoms with Crippen molar-refractivity contribution in [2.75, 3.05) is 11.5 Å². The lowest BCUT2D eigenvalue weighted by molar-refractivity contribution is -0.393. The van der Waals surface area contributed by atoms with Gasteiger partial charge in [-0.2, -0.15) is 0 Å². The van der Waals surface area contributed by atoms with Crippen LogP contribution in [0.5, 0.6) is 5.75 Å². The SMILES string of the molecule is O=C1C2=C(CCCC2)C(=O)N1c1ccc(Br)c(OC2CCCC23CCCOO3)c1. The number of rotatable bonds is 3. The minimum Gasteiger partial charge on any atom is -0.486 e. The van der Waals surface area contributed by atoms with E-state index in [1.54, 1.807) is 12.1 Å². The molecule has 2 aliphatic heterocycles. The molecule has 0 N–H and O–H groups in total. The second-order valence-electron chi connectivity index (χ2n) is 8.30. The van der Waals surface area contributed by atoms with Crippen molar-refractivity contribution in [2.45, 2.75) is 69.5 Å². The molecule has 2 aliphatic carbocycles. The number of anilines is 1. The molecule has 29 heavy (non-hydrogen) atoms. The molecule has 2 unspecified atom stereocenters. The number of halogens is 1. The number of nitrogens with zero attached hydrogens (tertiary/aromatic N) is 1. The van der Waals surface area contributed by atoms with E-state index in [9.17, 15) is 9.59 Å². The van der Waals surface area contributed by atoms with Crippen LogP contribution in [0.2, 0.25) is 0 Å². The van der Waals surface area contributed by atoms with Crippen LogP contribution in [0.3, 0.4) is 0 Å². The highest BCUT2D eigenvalue weighted by Gasteiger charge is 2.48. The first-order valence-corrected chi connectivity index (χ1v) is 11.3. The number of carbonyl (C=O) groups excluding carboxylic acids is 2. The molecule has 1 saturated heterocycles. The van der Waals surface area contributed by atoms with Gasteiger partial charge in [-0.05, 0) is 85.9 Å². The van der Waals surface area contributed by atoms with Crippen molar-refractivity contribution in [3.8, 4) is 5.75 Å². The van der Waals surface area contributed by atoms with E-state index in [2.05, 4.69) is 15.9 Å². The van der Waals surface area contributed by atoms with E-state index in [1.807, 2.05) is 6.07 Å². The lowest BCUT2D eigenvalue weighted by atomic mass is 9.93. The normalized spacial score (nSPS) is 29.7. The molecule has 2 amide bonds. The smallest absolute Gasteiger partial charge is 0.261 e. The van der Waals surface area contributed by atoms with E-state index in [0.717, 1.165) is 49.4 Å². The Balaban J connectivity index is 1.41. The molecule has 7 heteroatoms. The quantitative estimate of drug-likeness (QED) is 0.485. The van der Waals surface area contributed by atoms with Crippen molar-refractivity contribution in [2.24, 2.45) is 0 Å². The Morgan fingerprint density at radius 3 is 2.45 bits per heavy atom. The monoisotopic (exact) mass is 461 g/mol. The third kappa shape index (κ3) is 3.23. The molecule has 0 aromatic heterocycles. The molecule has 6 nitrogen and oxygen atoms in total. The van der Waals surface area contributed by atoms with Crippen LogP contribution in [0.25, 0.3) is 0 Å². The van der Waals surface area contributed by atoms with Crippen LogP contribution in [0.1, 0.15) is 57.8 Å². The summed E-state index contributed by atoms with van der Waals surface area (Å²) in [6.07, 6.45) is 7.88. The van der Waals surface area contributed by atoms with Gasteiger partial charge in [-0.1, -0.05) is 0 Å². The zero-order valence-electron chi connectivity index (χ0n) is 16.2. The number of ether oxygens (including phenoxy) is 1. The van der Waals surface area contributed by atoms with Gasteiger partial charge in [0.1, 0.15) is 17.5 Å². The summed E-state index contributed by atoms with van der Waals surface area (Å²) in [7, 11) is 0. The molecular weight excluding hydrogens is 438 g/mol. The highest BCUT2D eigenvalue weighted by atomic mass is 79.9. The van der Waals surface area contributed by atoms with Crippen LogP contribution in [-0.4, -0.2) is 30.1 Å². The fraction of sp³-hybridized carbons (Fsp3) is 0.545. The molecule has 154 valence electrons. The molecule has 1 aromatic rings. The number of hydrogen-bond acceptors (Lipinski definition) is 5. The third-order valence-electron chi connectivity index (χ3n) is 6.54. The van der Waals surface area contributed by atoms with E-state index >= 15 is 0 Å². The fourth-order valence-corrected chi connectivity index (χ4v) is 5.38. The van der Waals surface area contributed by atoms with Crippen LogP contribution in [0.15, 0.2) is 33.8 Å². The van der Waals surface area contributed by atoms with Crippen LogP contribution in [-0.2, 0) is 19.4 Å². The number of benzene rings is 1.